The van der Waals surface area contributed by atoms with E-state index in [9.17, 15) is 8.42 Å². The Kier molecular flexibility index (Phi) is 5.44. The Hall–Kier alpha value is -2.98. The monoisotopic (exact) mass is 429 g/mol. The van der Waals surface area contributed by atoms with Crippen LogP contribution in [0.15, 0.2) is 45.9 Å². The zero-order valence-corrected chi connectivity index (χ0v) is 17.9. The van der Waals surface area contributed by atoms with Gasteiger partial charge in [0.1, 0.15) is 11.6 Å². The van der Waals surface area contributed by atoms with Gasteiger partial charge in [0.25, 0.3) is 0 Å². The van der Waals surface area contributed by atoms with Crippen molar-refractivity contribution in [2.45, 2.75) is 18.7 Å². The molecule has 0 unspecified atom stereocenters. The molecule has 4 rings (SSSR count). The molecule has 1 saturated heterocycles. The Morgan fingerprint density at radius 3 is 2.40 bits per heavy atom. The highest BCUT2D eigenvalue weighted by molar-refractivity contribution is 7.89. The molecule has 0 aliphatic carbocycles. The van der Waals surface area contributed by atoms with E-state index in [0.717, 1.165) is 16.9 Å². The molecule has 30 heavy (non-hydrogen) atoms. The number of methoxy groups -OCH3 is 1. The molecule has 10 heteroatoms. The third kappa shape index (κ3) is 3.88. The van der Waals surface area contributed by atoms with Crippen LogP contribution in [0.2, 0.25) is 0 Å². The summed E-state index contributed by atoms with van der Waals surface area (Å²) in [5.41, 5.74) is 1.56. The Bertz CT molecular complexity index is 1140. The summed E-state index contributed by atoms with van der Waals surface area (Å²) in [5, 5.41) is 3.89. The molecule has 1 aromatic carbocycles. The van der Waals surface area contributed by atoms with Crippen molar-refractivity contribution in [3.8, 4) is 17.1 Å². The highest BCUT2D eigenvalue weighted by atomic mass is 32.2. The minimum absolute atomic E-state index is 0.284. The number of nitrogens with zero attached hydrogens (tertiary/aromatic N) is 5. The van der Waals surface area contributed by atoms with E-state index in [4.69, 9.17) is 9.26 Å². The van der Waals surface area contributed by atoms with Crippen LogP contribution in [0.4, 0.5) is 5.82 Å². The number of ether oxygens (including phenoxy) is 1. The number of pyridine rings is 1. The fourth-order valence-electron chi connectivity index (χ4n) is 3.44. The van der Waals surface area contributed by atoms with Crippen molar-refractivity contribution in [1.29, 1.82) is 0 Å². The summed E-state index contributed by atoms with van der Waals surface area (Å²) in [7, 11) is -1.98. The molecular weight excluding hydrogens is 406 g/mol. The van der Waals surface area contributed by atoms with E-state index < -0.39 is 10.0 Å². The fourth-order valence-corrected chi connectivity index (χ4v) is 4.95. The van der Waals surface area contributed by atoms with Gasteiger partial charge in [-0.1, -0.05) is 5.16 Å². The van der Waals surface area contributed by atoms with Gasteiger partial charge in [-0.15, -0.1) is 0 Å². The number of benzene rings is 1. The Morgan fingerprint density at radius 1 is 1.07 bits per heavy atom. The van der Waals surface area contributed by atoms with Crippen molar-refractivity contribution in [1.82, 2.24) is 19.4 Å². The quantitative estimate of drug-likeness (QED) is 0.609. The van der Waals surface area contributed by atoms with Crippen LogP contribution in [0.5, 0.6) is 5.75 Å². The lowest BCUT2D eigenvalue weighted by molar-refractivity contribution is 0.383. The average Bonchev–Trinajstić information content (AvgIpc) is 3.20. The molecule has 9 nitrogen and oxygen atoms in total. The van der Waals surface area contributed by atoms with E-state index in [2.05, 4.69) is 20.0 Å². The molecule has 0 atom stereocenters. The van der Waals surface area contributed by atoms with Gasteiger partial charge in [0.15, 0.2) is 0 Å². The lowest BCUT2D eigenvalue weighted by Gasteiger charge is -2.34. The first-order valence-electron chi connectivity index (χ1n) is 9.55. The largest absolute Gasteiger partial charge is 0.496 e. The van der Waals surface area contributed by atoms with E-state index in [0.29, 0.717) is 43.6 Å². The van der Waals surface area contributed by atoms with Crippen LogP contribution < -0.4 is 9.64 Å². The average molecular weight is 430 g/mol. The fraction of sp³-hybridized carbons (Fsp3) is 0.350. The summed E-state index contributed by atoms with van der Waals surface area (Å²) < 4.78 is 37.8. The van der Waals surface area contributed by atoms with Gasteiger partial charge in [-0.05, 0) is 42.8 Å². The first kappa shape index (κ1) is 20.3. The molecule has 3 heterocycles. The standard InChI is InChI=1S/C20H23N5O4S/c1-14-12-17(5-6-18(14)28-3)30(26,27)25-10-8-24(9-11-25)19-7-4-16(13-21-19)20-22-15(2)29-23-20/h4-7,12-13H,8-11H2,1-3H3. The second-order valence-corrected chi connectivity index (χ2v) is 9.00. The van der Waals surface area contributed by atoms with E-state index in [1.807, 2.05) is 19.1 Å². The van der Waals surface area contributed by atoms with Gasteiger partial charge in [0.05, 0.1) is 12.0 Å². The van der Waals surface area contributed by atoms with Crippen molar-refractivity contribution >= 4 is 15.8 Å². The van der Waals surface area contributed by atoms with Crippen LogP contribution in [-0.2, 0) is 10.0 Å². The molecule has 0 bridgehead atoms. The van der Waals surface area contributed by atoms with Crippen LogP contribution in [0.25, 0.3) is 11.4 Å². The molecule has 0 amide bonds. The molecule has 1 fully saturated rings. The summed E-state index contributed by atoms with van der Waals surface area (Å²) >= 11 is 0. The molecule has 0 radical (unpaired) electrons. The number of hydrogen-bond acceptors (Lipinski definition) is 8. The highest BCUT2D eigenvalue weighted by Crippen LogP contribution is 2.25. The van der Waals surface area contributed by atoms with Gasteiger partial charge in [0.2, 0.25) is 21.7 Å². The Labute approximate surface area is 175 Å². The number of hydrogen-bond donors (Lipinski definition) is 0. The van der Waals surface area contributed by atoms with Gasteiger partial charge in [0, 0.05) is 44.9 Å². The van der Waals surface area contributed by atoms with Crippen LogP contribution in [0.3, 0.4) is 0 Å². The van der Waals surface area contributed by atoms with Crippen LogP contribution in [-0.4, -0.2) is 61.1 Å². The second-order valence-electron chi connectivity index (χ2n) is 7.06. The van der Waals surface area contributed by atoms with Gasteiger partial charge in [-0.3, -0.25) is 0 Å². The maximum atomic E-state index is 13.0. The lowest BCUT2D eigenvalue weighted by atomic mass is 10.2. The number of sulfonamides is 1. The van der Waals surface area contributed by atoms with E-state index in [1.165, 1.54) is 4.31 Å². The zero-order valence-electron chi connectivity index (χ0n) is 17.1. The molecule has 3 aromatic rings. The number of aryl methyl sites for hydroxylation is 2. The smallest absolute Gasteiger partial charge is 0.243 e. The molecular formula is C20H23N5O4S. The second kappa shape index (κ2) is 8.04. The normalized spacial score (nSPS) is 15.4. The molecule has 1 aliphatic rings. The van der Waals surface area contributed by atoms with Crippen LogP contribution in [0, 0.1) is 13.8 Å². The molecule has 0 spiro atoms. The summed E-state index contributed by atoms with van der Waals surface area (Å²) in [5.74, 6) is 2.45. The molecule has 2 aromatic heterocycles. The summed E-state index contributed by atoms with van der Waals surface area (Å²) in [6.07, 6.45) is 1.70. The van der Waals surface area contributed by atoms with Crippen LogP contribution in [0.1, 0.15) is 11.5 Å². The minimum atomic E-state index is -3.55. The predicted molar refractivity (Wildman–Crippen MR) is 111 cm³/mol. The zero-order chi connectivity index (χ0) is 21.3. The molecule has 1 aliphatic heterocycles. The molecule has 0 N–H and O–H groups in total. The number of rotatable bonds is 5. The summed E-state index contributed by atoms with van der Waals surface area (Å²) in [6.45, 7) is 5.46. The number of anilines is 1. The summed E-state index contributed by atoms with van der Waals surface area (Å²) in [4.78, 5) is 11.0. The first-order valence-corrected chi connectivity index (χ1v) is 11.0. The SMILES string of the molecule is COc1ccc(S(=O)(=O)N2CCN(c3ccc(-c4noc(C)n4)cn3)CC2)cc1C. The number of piperazine rings is 1. The third-order valence-electron chi connectivity index (χ3n) is 5.10. The van der Waals surface area contributed by atoms with Crippen molar-refractivity contribution in [2.75, 3.05) is 38.2 Å². The molecule has 0 saturated carbocycles. The van der Waals surface area contributed by atoms with E-state index >= 15 is 0 Å². The van der Waals surface area contributed by atoms with Crippen LogP contribution >= 0.6 is 0 Å². The maximum Gasteiger partial charge on any atom is 0.243 e. The van der Waals surface area contributed by atoms with Gasteiger partial charge in [-0.25, -0.2) is 13.4 Å². The topological polar surface area (TPSA) is 102 Å². The van der Waals surface area contributed by atoms with E-state index in [1.54, 1.807) is 38.4 Å². The Morgan fingerprint density at radius 2 is 1.83 bits per heavy atom. The minimum Gasteiger partial charge on any atom is -0.496 e. The van der Waals surface area contributed by atoms with Gasteiger partial charge < -0.3 is 14.2 Å². The maximum absolute atomic E-state index is 13.0. The van der Waals surface area contributed by atoms with Gasteiger partial charge >= 0.3 is 0 Å². The third-order valence-corrected chi connectivity index (χ3v) is 6.99. The molecule has 158 valence electrons. The number of aromatic nitrogens is 3. The highest BCUT2D eigenvalue weighted by Gasteiger charge is 2.29. The first-order chi connectivity index (χ1) is 14.4. The predicted octanol–water partition coefficient (Wildman–Crippen LogP) is 2.27. The Balaban J connectivity index is 1.44. The van der Waals surface area contributed by atoms with Crippen molar-refractivity contribution in [3.05, 3.63) is 48.0 Å². The lowest BCUT2D eigenvalue weighted by Crippen LogP contribution is -2.48. The van der Waals surface area contributed by atoms with Crippen molar-refractivity contribution in [3.63, 3.8) is 0 Å². The van der Waals surface area contributed by atoms with Crippen molar-refractivity contribution < 1.29 is 17.7 Å². The van der Waals surface area contributed by atoms with Gasteiger partial charge in [-0.2, -0.15) is 9.29 Å². The van der Waals surface area contributed by atoms with Crippen molar-refractivity contribution in [2.24, 2.45) is 0 Å². The summed E-state index contributed by atoms with van der Waals surface area (Å²) in [6, 6.07) is 8.71. The van der Waals surface area contributed by atoms with E-state index in [-0.39, 0.29) is 4.90 Å².